The van der Waals surface area contributed by atoms with Crippen LogP contribution in [0.1, 0.15) is 16.7 Å². The predicted octanol–water partition coefficient (Wildman–Crippen LogP) is 2.79. The lowest BCUT2D eigenvalue weighted by molar-refractivity contribution is -0.134. The first-order chi connectivity index (χ1) is 16.9. The molecule has 0 aliphatic rings. The zero-order valence-corrected chi connectivity index (χ0v) is 18.7. The zero-order chi connectivity index (χ0) is 24.8. The number of hydrogen-bond donors (Lipinski definition) is 4. The van der Waals surface area contributed by atoms with Crippen LogP contribution in [0.3, 0.4) is 0 Å². The number of pyridine rings is 1. The van der Waals surface area contributed by atoms with E-state index < -0.39 is 35.6 Å². The van der Waals surface area contributed by atoms with Crippen molar-refractivity contribution in [2.24, 2.45) is 0 Å². The van der Waals surface area contributed by atoms with E-state index in [1.807, 2.05) is 18.2 Å². The first-order valence-corrected chi connectivity index (χ1v) is 11.0. The van der Waals surface area contributed by atoms with Crippen molar-refractivity contribution >= 4 is 22.8 Å². The van der Waals surface area contributed by atoms with E-state index in [1.54, 1.807) is 36.7 Å². The van der Waals surface area contributed by atoms with Gasteiger partial charge in [-0.25, -0.2) is 13.8 Å². The smallest absolute Gasteiger partial charge is 0.249 e. The van der Waals surface area contributed by atoms with Crippen LogP contribution in [0.2, 0.25) is 0 Å². The van der Waals surface area contributed by atoms with Gasteiger partial charge in [0, 0.05) is 37.2 Å². The second kappa shape index (κ2) is 10.9. The van der Waals surface area contributed by atoms with Gasteiger partial charge in [-0.3, -0.25) is 9.59 Å². The largest absolute Gasteiger partial charge is 0.383 e. The number of aliphatic hydroxyl groups excluding tert-OH is 1. The van der Waals surface area contributed by atoms with Crippen LogP contribution in [0.25, 0.3) is 11.0 Å². The number of nitrogens with one attached hydrogen (secondary N) is 3. The van der Waals surface area contributed by atoms with Crippen LogP contribution in [0, 0.1) is 11.6 Å². The quantitative estimate of drug-likeness (QED) is 0.297. The van der Waals surface area contributed by atoms with Crippen LogP contribution in [0.15, 0.2) is 73.1 Å². The number of hydrogen-bond acceptors (Lipinski definition) is 4. The number of H-pyrrole nitrogens is 1. The molecule has 2 atom stereocenters. The number of aromatic amines is 1. The van der Waals surface area contributed by atoms with Gasteiger partial charge < -0.3 is 20.7 Å². The summed E-state index contributed by atoms with van der Waals surface area (Å²) in [5.41, 5.74) is 2.53. The number of aromatic nitrogens is 2. The summed E-state index contributed by atoms with van der Waals surface area (Å²) in [5, 5.41) is 16.5. The maximum atomic E-state index is 13.7. The highest BCUT2D eigenvalue weighted by Crippen LogP contribution is 2.13. The van der Waals surface area contributed by atoms with Gasteiger partial charge in [-0.2, -0.15) is 0 Å². The topological polar surface area (TPSA) is 107 Å². The monoisotopic (exact) mass is 478 g/mol. The number of carbonyl (C=O) groups excluding carboxylic acids is 2. The van der Waals surface area contributed by atoms with E-state index in [2.05, 4.69) is 20.6 Å². The van der Waals surface area contributed by atoms with E-state index in [0.29, 0.717) is 5.56 Å². The van der Waals surface area contributed by atoms with E-state index in [4.69, 9.17) is 0 Å². The van der Waals surface area contributed by atoms with E-state index in [1.165, 1.54) is 6.07 Å². The van der Waals surface area contributed by atoms with Crippen LogP contribution < -0.4 is 10.6 Å². The second-order valence-electron chi connectivity index (χ2n) is 8.20. The molecule has 2 amide bonds. The molecule has 4 aromatic rings. The number of rotatable bonds is 9. The highest BCUT2D eigenvalue weighted by molar-refractivity contribution is 5.89. The van der Waals surface area contributed by atoms with Gasteiger partial charge in [-0.15, -0.1) is 0 Å². The first kappa shape index (κ1) is 24.0. The maximum Gasteiger partial charge on any atom is 0.249 e. The molecule has 35 heavy (non-hydrogen) atoms. The van der Waals surface area contributed by atoms with Gasteiger partial charge >= 0.3 is 0 Å². The molecule has 0 aliphatic carbocycles. The summed E-state index contributed by atoms with van der Waals surface area (Å²) >= 11 is 0. The van der Waals surface area contributed by atoms with Gasteiger partial charge in [-0.05, 0) is 41.0 Å². The summed E-state index contributed by atoms with van der Waals surface area (Å²) in [6.07, 6.45) is 1.95. The molecule has 4 N–H and O–H groups in total. The molecular formula is C26H24F2N4O3. The third-order valence-electron chi connectivity index (χ3n) is 5.55. The first-order valence-electron chi connectivity index (χ1n) is 11.0. The Kier molecular flexibility index (Phi) is 7.47. The van der Waals surface area contributed by atoms with Gasteiger partial charge in [0.05, 0.1) is 0 Å². The molecule has 7 nitrogen and oxygen atoms in total. The molecule has 180 valence electrons. The molecule has 0 bridgehead atoms. The van der Waals surface area contributed by atoms with Gasteiger partial charge in [-0.1, -0.05) is 36.4 Å². The number of benzene rings is 2. The molecule has 2 heterocycles. The van der Waals surface area contributed by atoms with Crippen molar-refractivity contribution in [1.82, 2.24) is 20.6 Å². The minimum absolute atomic E-state index is 0.0640. The van der Waals surface area contributed by atoms with Crippen molar-refractivity contribution in [1.29, 1.82) is 0 Å². The minimum atomic E-state index is -1.39. The number of aliphatic hydroxyl groups is 1. The Balaban J connectivity index is 1.46. The van der Waals surface area contributed by atoms with E-state index in [0.717, 1.165) is 34.3 Å². The van der Waals surface area contributed by atoms with Crippen LogP contribution in [-0.2, 0) is 29.0 Å². The van der Waals surface area contributed by atoms with Gasteiger partial charge in [0.25, 0.3) is 0 Å². The average molecular weight is 478 g/mol. The van der Waals surface area contributed by atoms with Crippen LogP contribution in [0.4, 0.5) is 8.78 Å². The summed E-state index contributed by atoms with van der Waals surface area (Å²) < 4.78 is 27.1. The number of amides is 2. The molecule has 1 unspecified atom stereocenters. The summed E-state index contributed by atoms with van der Waals surface area (Å²) in [4.78, 5) is 32.9. The van der Waals surface area contributed by atoms with Crippen molar-refractivity contribution in [3.05, 3.63) is 101 Å². The normalized spacial score (nSPS) is 12.8. The summed E-state index contributed by atoms with van der Waals surface area (Å²) in [6, 6.07) is 14.8. The molecule has 9 heteroatoms. The Morgan fingerprint density at radius 2 is 1.71 bits per heavy atom. The zero-order valence-electron chi connectivity index (χ0n) is 18.7. The molecular weight excluding hydrogens is 454 g/mol. The third kappa shape index (κ3) is 6.27. The Morgan fingerprint density at radius 1 is 0.914 bits per heavy atom. The molecule has 2 aromatic carbocycles. The fourth-order valence-electron chi connectivity index (χ4n) is 3.70. The van der Waals surface area contributed by atoms with Crippen molar-refractivity contribution in [3.8, 4) is 0 Å². The third-order valence-corrected chi connectivity index (χ3v) is 5.55. The number of fused-ring (bicyclic) bond motifs is 1. The molecule has 0 saturated carbocycles. The Labute approximate surface area is 200 Å². The van der Waals surface area contributed by atoms with Crippen molar-refractivity contribution in [2.45, 2.75) is 31.5 Å². The second-order valence-corrected chi connectivity index (χ2v) is 8.20. The summed E-state index contributed by atoms with van der Waals surface area (Å²) in [5.74, 6) is -3.34. The average Bonchev–Trinajstić information content (AvgIpc) is 3.33. The fraction of sp³-hybridized carbons (Fsp3) is 0.192. The lowest BCUT2D eigenvalue weighted by Gasteiger charge is -2.21. The maximum absolute atomic E-state index is 13.7. The van der Waals surface area contributed by atoms with Gasteiger partial charge in [0.1, 0.15) is 17.8 Å². The van der Waals surface area contributed by atoms with Crippen molar-refractivity contribution in [3.63, 3.8) is 0 Å². The molecule has 0 saturated heterocycles. The van der Waals surface area contributed by atoms with E-state index in [9.17, 15) is 23.5 Å². The van der Waals surface area contributed by atoms with Crippen LogP contribution in [-0.4, -0.2) is 39.0 Å². The standard InChI is InChI=1S/C26H24F2N4O3/c27-20-7-6-17(11-21(20)28)12-22(32-26(35)23(33)13-16-4-2-1-3-5-16)25(34)31-15-18-10-19-8-9-29-24(19)30-14-18/h1-11,14,22-23,33H,12-13,15H2,(H,29,30)(H,31,34)(H,32,35)/t22-,23?/m0/s1. The Morgan fingerprint density at radius 3 is 2.49 bits per heavy atom. The van der Waals surface area contributed by atoms with Gasteiger partial charge in [0.15, 0.2) is 11.6 Å². The summed E-state index contributed by atoms with van der Waals surface area (Å²) in [6.45, 7) is 0.143. The number of nitrogens with zero attached hydrogens (tertiary/aromatic N) is 1. The van der Waals surface area contributed by atoms with E-state index >= 15 is 0 Å². The highest BCUT2D eigenvalue weighted by Gasteiger charge is 2.25. The molecule has 2 aromatic heterocycles. The fourth-order valence-corrected chi connectivity index (χ4v) is 3.70. The van der Waals surface area contributed by atoms with Gasteiger partial charge in [0.2, 0.25) is 11.8 Å². The number of halogens is 2. The summed E-state index contributed by atoms with van der Waals surface area (Å²) in [7, 11) is 0. The minimum Gasteiger partial charge on any atom is -0.383 e. The molecule has 0 radical (unpaired) electrons. The Bertz CT molecular complexity index is 1330. The van der Waals surface area contributed by atoms with E-state index in [-0.39, 0.29) is 19.4 Å². The van der Waals surface area contributed by atoms with Crippen molar-refractivity contribution in [2.75, 3.05) is 0 Å². The lowest BCUT2D eigenvalue weighted by atomic mass is 10.0. The predicted molar refractivity (Wildman–Crippen MR) is 126 cm³/mol. The molecule has 0 aliphatic heterocycles. The van der Waals surface area contributed by atoms with Crippen LogP contribution >= 0.6 is 0 Å². The highest BCUT2D eigenvalue weighted by atomic mass is 19.2. The molecule has 0 fully saturated rings. The van der Waals surface area contributed by atoms with Crippen LogP contribution in [0.5, 0.6) is 0 Å². The number of carbonyl (C=O) groups is 2. The Hall–Kier alpha value is -4.11. The lowest BCUT2D eigenvalue weighted by Crippen LogP contribution is -2.51. The SMILES string of the molecule is O=C(N[C@@H](Cc1ccc(F)c(F)c1)C(=O)NCc1cnc2[nH]ccc2c1)C(O)Cc1ccccc1. The van der Waals surface area contributed by atoms with Crippen molar-refractivity contribution < 1.29 is 23.5 Å². The molecule has 4 rings (SSSR count). The molecule has 0 spiro atoms.